The van der Waals surface area contributed by atoms with E-state index in [0.29, 0.717) is 0 Å². The fraction of sp³-hybridized carbons (Fsp3) is 0.143. The molecule has 1 atom stereocenters. The van der Waals surface area contributed by atoms with Gasteiger partial charge in [0, 0.05) is 22.6 Å². The van der Waals surface area contributed by atoms with E-state index in [1.165, 1.54) is 36.4 Å². The van der Waals surface area contributed by atoms with Crippen molar-refractivity contribution in [1.29, 1.82) is 0 Å². The average Bonchev–Trinajstić information content (AvgIpc) is 2.37. The van der Waals surface area contributed by atoms with E-state index in [1.54, 1.807) is 0 Å². The first-order valence-corrected chi connectivity index (χ1v) is 6.31. The van der Waals surface area contributed by atoms with E-state index in [2.05, 4.69) is 0 Å². The second-order valence-corrected chi connectivity index (χ2v) is 4.85. The van der Waals surface area contributed by atoms with E-state index in [-0.39, 0.29) is 27.6 Å². The first-order valence-electron chi connectivity index (χ1n) is 5.55. The lowest BCUT2D eigenvalue weighted by molar-refractivity contribution is 0.177. The van der Waals surface area contributed by atoms with Crippen molar-refractivity contribution >= 4 is 23.2 Å². The number of benzene rings is 2. The topological polar surface area (TPSA) is 20.2 Å². The van der Waals surface area contributed by atoms with E-state index < -0.39 is 17.7 Å². The number of hydrogen-bond acceptors (Lipinski definition) is 1. The fourth-order valence-electron chi connectivity index (χ4n) is 1.81. The minimum atomic E-state index is -1.13. The summed E-state index contributed by atoms with van der Waals surface area (Å²) in [5, 5.41) is 10.1. The molecule has 2 aromatic carbocycles. The summed E-state index contributed by atoms with van der Waals surface area (Å²) in [6, 6.07) is 8.37. The third-order valence-electron chi connectivity index (χ3n) is 2.80. The van der Waals surface area contributed by atoms with Crippen molar-refractivity contribution in [2.45, 2.75) is 12.5 Å². The third kappa shape index (κ3) is 3.06. The monoisotopic (exact) mass is 302 g/mol. The molecule has 0 aliphatic heterocycles. The van der Waals surface area contributed by atoms with Crippen molar-refractivity contribution in [3.8, 4) is 0 Å². The lowest BCUT2D eigenvalue weighted by atomic mass is 10.0. The Kier molecular flexibility index (Phi) is 4.40. The smallest absolute Gasteiger partial charge is 0.142 e. The molecule has 2 rings (SSSR count). The maximum absolute atomic E-state index is 13.6. The van der Waals surface area contributed by atoms with Gasteiger partial charge in [0.1, 0.15) is 11.6 Å². The predicted molar refractivity (Wildman–Crippen MR) is 71.5 cm³/mol. The average molecular weight is 303 g/mol. The van der Waals surface area contributed by atoms with Crippen LogP contribution in [0.2, 0.25) is 10.0 Å². The molecule has 0 saturated heterocycles. The molecule has 5 heteroatoms. The van der Waals surface area contributed by atoms with Gasteiger partial charge < -0.3 is 5.11 Å². The zero-order valence-electron chi connectivity index (χ0n) is 9.71. The van der Waals surface area contributed by atoms with E-state index >= 15 is 0 Å². The fourth-order valence-corrected chi connectivity index (χ4v) is 2.30. The molecule has 0 aliphatic rings. The number of halogens is 4. The maximum Gasteiger partial charge on any atom is 0.142 e. The van der Waals surface area contributed by atoms with Crippen LogP contribution in [0.25, 0.3) is 0 Å². The summed E-state index contributed by atoms with van der Waals surface area (Å²) in [4.78, 5) is 0. The summed E-state index contributed by atoms with van der Waals surface area (Å²) >= 11 is 11.6. The van der Waals surface area contributed by atoms with E-state index in [9.17, 15) is 13.9 Å². The van der Waals surface area contributed by atoms with Crippen LogP contribution in [-0.2, 0) is 6.42 Å². The Morgan fingerprint density at radius 2 is 1.63 bits per heavy atom. The Bertz CT molecular complexity index is 582. The van der Waals surface area contributed by atoms with Crippen molar-refractivity contribution in [1.82, 2.24) is 0 Å². The van der Waals surface area contributed by atoms with Crippen LogP contribution in [0.4, 0.5) is 8.78 Å². The van der Waals surface area contributed by atoms with Crippen molar-refractivity contribution in [3.63, 3.8) is 0 Å². The van der Waals surface area contributed by atoms with Crippen molar-refractivity contribution in [2.24, 2.45) is 0 Å². The molecule has 0 aliphatic carbocycles. The largest absolute Gasteiger partial charge is 0.388 e. The normalized spacial score (nSPS) is 12.5. The zero-order valence-corrected chi connectivity index (χ0v) is 11.2. The van der Waals surface area contributed by atoms with E-state index in [1.807, 2.05) is 0 Å². The second kappa shape index (κ2) is 5.87. The highest BCUT2D eigenvalue weighted by Gasteiger charge is 2.18. The van der Waals surface area contributed by atoms with Crippen LogP contribution in [0.3, 0.4) is 0 Å². The van der Waals surface area contributed by atoms with Crippen LogP contribution in [-0.4, -0.2) is 5.11 Å². The van der Waals surface area contributed by atoms with Gasteiger partial charge in [0.2, 0.25) is 0 Å². The molecule has 2 aromatic rings. The zero-order chi connectivity index (χ0) is 14.0. The van der Waals surface area contributed by atoms with Gasteiger partial charge in [0.25, 0.3) is 0 Å². The van der Waals surface area contributed by atoms with Crippen LogP contribution >= 0.6 is 23.2 Å². The summed E-state index contributed by atoms with van der Waals surface area (Å²) in [5.41, 5.74) is 0.387. The van der Waals surface area contributed by atoms with Gasteiger partial charge in [-0.25, -0.2) is 8.78 Å². The summed E-state index contributed by atoms with van der Waals surface area (Å²) < 4.78 is 26.9. The molecule has 0 heterocycles. The summed E-state index contributed by atoms with van der Waals surface area (Å²) in [6.45, 7) is 0. The van der Waals surface area contributed by atoms with Gasteiger partial charge in [-0.2, -0.15) is 0 Å². The molecular weight excluding hydrogens is 293 g/mol. The standard InChI is InChI=1S/C14H10Cl2F2O/c15-10-4-2-5-11(17)9(10)7-13(19)8-3-1-6-12(18)14(8)16/h1-6,13,19H,7H2. The molecule has 0 bridgehead atoms. The van der Waals surface area contributed by atoms with Gasteiger partial charge in [-0.1, -0.05) is 41.4 Å². The van der Waals surface area contributed by atoms with Gasteiger partial charge in [-0.05, 0) is 18.2 Å². The number of aliphatic hydroxyl groups is 1. The highest BCUT2D eigenvalue weighted by molar-refractivity contribution is 6.31. The van der Waals surface area contributed by atoms with Gasteiger partial charge in [-0.15, -0.1) is 0 Å². The molecule has 0 amide bonds. The number of rotatable bonds is 3. The van der Waals surface area contributed by atoms with Crippen molar-refractivity contribution < 1.29 is 13.9 Å². The highest BCUT2D eigenvalue weighted by atomic mass is 35.5. The van der Waals surface area contributed by atoms with Crippen LogP contribution in [0, 0.1) is 11.6 Å². The van der Waals surface area contributed by atoms with Crippen LogP contribution in [0.5, 0.6) is 0 Å². The molecule has 0 spiro atoms. The molecule has 0 radical (unpaired) electrons. The van der Waals surface area contributed by atoms with Gasteiger partial charge in [0.05, 0.1) is 11.1 Å². The van der Waals surface area contributed by atoms with E-state index in [4.69, 9.17) is 23.2 Å². The summed E-state index contributed by atoms with van der Waals surface area (Å²) in [6.07, 6.45) is -1.20. The molecule has 1 N–H and O–H groups in total. The Balaban J connectivity index is 2.31. The molecule has 1 unspecified atom stereocenters. The third-order valence-corrected chi connectivity index (χ3v) is 3.55. The van der Waals surface area contributed by atoms with E-state index in [0.717, 1.165) is 0 Å². The Morgan fingerprint density at radius 1 is 1.00 bits per heavy atom. The Hall–Kier alpha value is -1.16. The Morgan fingerprint density at radius 3 is 2.32 bits per heavy atom. The number of hydrogen-bond donors (Lipinski definition) is 1. The van der Waals surface area contributed by atoms with Crippen LogP contribution in [0.1, 0.15) is 17.2 Å². The first kappa shape index (κ1) is 14.3. The minimum Gasteiger partial charge on any atom is -0.388 e. The second-order valence-electron chi connectivity index (χ2n) is 4.06. The number of aliphatic hydroxyl groups excluding tert-OH is 1. The van der Waals surface area contributed by atoms with Gasteiger partial charge in [-0.3, -0.25) is 0 Å². The van der Waals surface area contributed by atoms with Crippen molar-refractivity contribution in [2.75, 3.05) is 0 Å². The predicted octanol–water partition coefficient (Wildman–Crippen LogP) is 4.55. The van der Waals surface area contributed by atoms with Gasteiger partial charge in [0.15, 0.2) is 0 Å². The van der Waals surface area contributed by atoms with Crippen molar-refractivity contribution in [3.05, 3.63) is 69.2 Å². The summed E-state index contributed by atoms with van der Waals surface area (Å²) in [5.74, 6) is -1.14. The lowest BCUT2D eigenvalue weighted by Gasteiger charge is -2.14. The maximum atomic E-state index is 13.6. The van der Waals surface area contributed by atoms with Crippen LogP contribution in [0.15, 0.2) is 36.4 Å². The van der Waals surface area contributed by atoms with Gasteiger partial charge >= 0.3 is 0 Å². The molecule has 0 fully saturated rings. The molecule has 1 nitrogen and oxygen atoms in total. The SMILES string of the molecule is OC(Cc1c(F)cccc1Cl)c1cccc(F)c1Cl. The first-order chi connectivity index (χ1) is 9.00. The molecule has 19 heavy (non-hydrogen) atoms. The molecule has 0 saturated carbocycles. The quantitative estimate of drug-likeness (QED) is 0.882. The Labute approximate surface area is 119 Å². The molecule has 0 aromatic heterocycles. The lowest BCUT2D eigenvalue weighted by Crippen LogP contribution is -2.05. The minimum absolute atomic E-state index is 0.0747. The highest BCUT2D eigenvalue weighted by Crippen LogP contribution is 2.30. The van der Waals surface area contributed by atoms with Crippen LogP contribution < -0.4 is 0 Å². The summed E-state index contributed by atoms with van der Waals surface area (Å²) in [7, 11) is 0. The molecular formula is C14H10Cl2F2O. The molecule has 100 valence electrons.